The monoisotopic (exact) mass is 545 g/mol. The maximum Gasteiger partial charge on any atom is 2.00 e. The Hall–Kier alpha value is -0.408. The summed E-state index contributed by atoms with van der Waals surface area (Å²) >= 11 is 0. The van der Waals surface area contributed by atoms with Crippen LogP contribution in [0.15, 0.2) is 12.1 Å². The molecular weight excluding hydrogens is 520 g/mol. The van der Waals surface area contributed by atoms with E-state index >= 15 is 0 Å². The van der Waals surface area contributed by atoms with E-state index in [9.17, 15) is 0 Å². The molecule has 1 aromatic carbocycles. The first-order valence-electron chi connectivity index (χ1n) is 7.70. The Morgan fingerprint density at radius 1 is 1.30 bits per heavy atom. The molecule has 0 unspecified atom stereocenters. The SMILES string of the molecule is CC(C)(C)Oc1cc(O[CH-]OCCO)[c-]cc1N1CCCC1.[U+2]. The molecule has 0 atom stereocenters. The van der Waals surface area contributed by atoms with Crippen LogP contribution in [0.5, 0.6) is 11.5 Å². The van der Waals surface area contributed by atoms with E-state index in [1.165, 1.54) is 19.6 Å². The largest absolute Gasteiger partial charge is 2.00 e. The summed E-state index contributed by atoms with van der Waals surface area (Å²) in [5, 5.41) is 8.66. The number of aliphatic hydroxyl groups is 1. The van der Waals surface area contributed by atoms with Gasteiger partial charge in [-0.05, 0) is 51.8 Å². The minimum atomic E-state index is -0.287. The Kier molecular flexibility index (Phi) is 8.78. The third-order valence-corrected chi connectivity index (χ3v) is 3.18. The number of hydrogen-bond donors (Lipinski definition) is 1. The molecule has 1 aliphatic heterocycles. The van der Waals surface area contributed by atoms with Crippen LogP contribution in [0.1, 0.15) is 33.6 Å². The van der Waals surface area contributed by atoms with Crippen LogP contribution in [0.3, 0.4) is 0 Å². The first-order chi connectivity index (χ1) is 10.5. The van der Waals surface area contributed by atoms with Crippen molar-refractivity contribution in [3.05, 3.63) is 25.0 Å². The molecule has 5 nitrogen and oxygen atoms in total. The van der Waals surface area contributed by atoms with Crippen LogP contribution >= 0.6 is 0 Å². The van der Waals surface area contributed by atoms with E-state index < -0.39 is 0 Å². The van der Waals surface area contributed by atoms with Crippen LogP contribution in [-0.4, -0.2) is 37.0 Å². The average molecular weight is 545 g/mol. The summed E-state index contributed by atoms with van der Waals surface area (Å²) in [6.07, 6.45) is 2.41. The molecule has 1 fully saturated rings. The molecule has 1 heterocycles. The third kappa shape index (κ3) is 6.93. The number of aliphatic hydroxyl groups excluding tert-OH is 1. The van der Waals surface area contributed by atoms with Crippen LogP contribution in [-0.2, 0) is 4.74 Å². The Balaban J connectivity index is 0.00000264. The van der Waals surface area contributed by atoms with Crippen LogP contribution in [0.25, 0.3) is 0 Å². The standard InChI is InChI=1S/C17H25NO4.U/c1-17(2,3)22-16-12-14(21-13-20-11-10-19)6-7-15(16)18-8-4-5-9-18;/h7,12-13,19H,4-5,8-11H2,1-3H3;/q-2;+2. The van der Waals surface area contributed by atoms with Gasteiger partial charge < -0.3 is 24.2 Å². The molecule has 0 amide bonds. The Morgan fingerprint density at radius 2 is 2.00 bits per heavy atom. The van der Waals surface area contributed by atoms with E-state index in [0.717, 1.165) is 24.5 Å². The summed E-state index contributed by atoms with van der Waals surface area (Å²) in [7, 11) is 0. The fraction of sp³-hybridized carbons (Fsp3) is 0.588. The molecule has 2 rings (SSSR count). The predicted octanol–water partition coefficient (Wildman–Crippen LogP) is 2.77. The second-order valence-corrected chi connectivity index (χ2v) is 6.26. The van der Waals surface area contributed by atoms with E-state index in [1.54, 1.807) is 0 Å². The summed E-state index contributed by atoms with van der Waals surface area (Å²) in [6, 6.07) is 6.83. The summed E-state index contributed by atoms with van der Waals surface area (Å²) in [6.45, 7) is 9.52. The number of benzene rings is 1. The van der Waals surface area contributed by atoms with Gasteiger partial charge >= 0.3 is 31.1 Å². The fourth-order valence-electron chi connectivity index (χ4n) is 2.32. The van der Waals surface area contributed by atoms with E-state index in [4.69, 9.17) is 19.3 Å². The van der Waals surface area contributed by atoms with Gasteiger partial charge in [-0.1, -0.05) is 6.07 Å². The molecule has 6 heteroatoms. The molecule has 1 N–H and O–H groups in total. The predicted molar refractivity (Wildman–Crippen MR) is 85.1 cm³/mol. The summed E-state index contributed by atoms with van der Waals surface area (Å²) in [5.41, 5.74) is 0.764. The molecule has 126 valence electrons. The van der Waals surface area contributed by atoms with E-state index in [-0.39, 0.29) is 49.9 Å². The smallest absolute Gasteiger partial charge is 0.653 e. The normalized spacial score (nSPS) is 14.5. The quantitative estimate of drug-likeness (QED) is 0.422. The van der Waals surface area contributed by atoms with E-state index in [1.807, 2.05) is 32.9 Å². The molecule has 1 aromatic rings. The minimum absolute atomic E-state index is 0. The summed E-state index contributed by atoms with van der Waals surface area (Å²) in [5.74, 6) is 1.32. The number of hydrogen-bond acceptors (Lipinski definition) is 5. The maximum atomic E-state index is 8.66. The molecule has 0 radical (unpaired) electrons. The van der Waals surface area contributed by atoms with Crippen LogP contribution < -0.4 is 14.4 Å². The molecule has 0 aromatic heterocycles. The molecule has 1 aliphatic rings. The third-order valence-electron chi connectivity index (χ3n) is 3.18. The average Bonchev–Trinajstić information content (AvgIpc) is 2.96. The number of ether oxygens (including phenoxy) is 3. The van der Waals surface area contributed by atoms with Crippen molar-refractivity contribution < 1.29 is 50.4 Å². The second-order valence-electron chi connectivity index (χ2n) is 6.26. The van der Waals surface area contributed by atoms with Gasteiger partial charge in [0.05, 0.1) is 12.2 Å². The van der Waals surface area contributed by atoms with Gasteiger partial charge in [0.25, 0.3) is 0 Å². The zero-order valence-corrected chi connectivity index (χ0v) is 18.3. The van der Waals surface area contributed by atoms with Gasteiger partial charge in [0, 0.05) is 25.4 Å². The maximum absolute atomic E-state index is 8.66. The first-order valence-corrected chi connectivity index (χ1v) is 7.70. The Bertz CT molecular complexity index is 470. The van der Waals surface area contributed by atoms with Gasteiger partial charge in [-0.15, -0.1) is 12.1 Å². The fourth-order valence-corrected chi connectivity index (χ4v) is 2.32. The number of nitrogens with zero attached hydrogens (tertiary/aromatic N) is 1. The zero-order chi connectivity index (χ0) is 16.0. The van der Waals surface area contributed by atoms with Crippen LogP contribution in [0.4, 0.5) is 5.69 Å². The molecular formula is C17H25NO4U. The van der Waals surface area contributed by atoms with Crippen molar-refractivity contribution >= 4 is 5.69 Å². The van der Waals surface area contributed by atoms with Crippen molar-refractivity contribution in [2.45, 2.75) is 39.2 Å². The second kappa shape index (κ2) is 9.78. The molecule has 0 aliphatic carbocycles. The Labute approximate surface area is 162 Å². The first kappa shape index (κ1) is 20.6. The minimum Gasteiger partial charge on any atom is -0.653 e. The van der Waals surface area contributed by atoms with Gasteiger partial charge in [-0.3, -0.25) is 0 Å². The number of anilines is 1. The molecule has 0 saturated carbocycles. The molecule has 0 bridgehead atoms. The van der Waals surface area contributed by atoms with Crippen molar-refractivity contribution in [1.29, 1.82) is 0 Å². The Morgan fingerprint density at radius 3 is 2.61 bits per heavy atom. The van der Waals surface area contributed by atoms with Gasteiger partial charge in [0.1, 0.15) is 0 Å². The van der Waals surface area contributed by atoms with E-state index in [0.29, 0.717) is 5.75 Å². The van der Waals surface area contributed by atoms with Crippen molar-refractivity contribution in [2.24, 2.45) is 0 Å². The molecule has 1 saturated heterocycles. The van der Waals surface area contributed by atoms with Gasteiger partial charge in [0.2, 0.25) is 0 Å². The summed E-state index contributed by atoms with van der Waals surface area (Å²) in [4.78, 5) is 2.31. The van der Waals surface area contributed by atoms with Gasteiger partial charge in [0.15, 0.2) is 0 Å². The number of rotatable bonds is 7. The topological polar surface area (TPSA) is 51.2 Å². The van der Waals surface area contributed by atoms with E-state index in [2.05, 4.69) is 11.0 Å². The molecule has 23 heavy (non-hydrogen) atoms. The molecule has 0 spiro atoms. The van der Waals surface area contributed by atoms with Crippen molar-refractivity contribution in [3.8, 4) is 11.5 Å². The van der Waals surface area contributed by atoms with Crippen LogP contribution in [0.2, 0.25) is 0 Å². The van der Waals surface area contributed by atoms with Crippen LogP contribution in [0, 0.1) is 44.0 Å². The van der Waals surface area contributed by atoms with Gasteiger partial charge in [-0.2, -0.15) is 0 Å². The van der Waals surface area contributed by atoms with Crippen molar-refractivity contribution in [2.75, 3.05) is 31.2 Å². The van der Waals surface area contributed by atoms with Gasteiger partial charge in [-0.25, -0.2) is 0 Å². The van der Waals surface area contributed by atoms with Crippen molar-refractivity contribution in [3.63, 3.8) is 0 Å². The zero-order valence-electron chi connectivity index (χ0n) is 14.1. The van der Waals surface area contributed by atoms with Crippen molar-refractivity contribution in [1.82, 2.24) is 0 Å². The summed E-state index contributed by atoms with van der Waals surface area (Å²) < 4.78 is 16.4.